The van der Waals surface area contributed by atoms with Gasteiger partial charge in [-0.2, -0.15) is 0 Å². The fourth-order valence-electron chi connectivity index (χ4n) is 3.63. The summed E-state index contributed by atoms with van der Waals surface area (Å²) in [6, 6.07) is 0. The first-order chi connectivity index (χ1) is 11.7. The molecule has 0 atom stereocenters. The second kappa shape index (κ2) is 8.43. The minimum Gasteiger partial charge on any atom is -0.340 e. The molecule has 24 heavy (non-hydrogen) atoms. The van der Waals surface area contributed by atoms with Crippen molar-refractivity contribution >= 4 is 17.2 Å². The van der Waals surface area contributed by atoms with Gasteiger partial charge in [-0.3, -0.25) is 9.69 Å². The molecule has 0 bridgehead atoms. The largest absolute Gasteiger partial charge is 0.340 e. The molecule has 0 spiro atoms. The summed E-state index contributed by atoms with van der Waals surface area (Å²) in [6.45, 7) is 9.03. The van der Waals surface area contributed by atoms with Crippen LogP contribution in [0.3, 0.4) is 0 Å². The van der Waals surface area contributed by atoms with Crippen molar-refractivity contribution in [2.75, 3.05) is 26.2 Å². The highest BCUT2D eigenvalue weighted by molar-refractivity contribution is 7.09. The van der Waals surface area contributed by atoms with Crippen LogP contribution in [0.1, 0.15) is 69.0 Å². The number of hydrogen-bond acceptors (Lipinski definition) is 4. The molecule has 1 amide bonds. The number of carbonyl (C=O) groups excluding carboxylic acids is 1. The van der Waals surface area contributed by atoms with E-state index in [1.165, 1.54) is 23.5 Å². The van der Waals surface area contributed by atoms with Gasteiger partial charge in [0.05, 0.1) is 12.2 Å². The Morgan fingerprint density at radius 1 is 1.21 bits per heavy atom. The average Bonchev–Trinajstić information content (AvgIpc) is 3.35. The summed E-state index contributed by atoms with van der Waals surface area (Å²) >= 11 is 1.80. The van der Waals surface area contributed by atoms with E-state index < -0.39 is 0 Å². The second-order valence-electron chi connectivity index (χ2n) is 7.32. The fraction of sp³-hybridized carbons (Fsp3) is 0.789. The fourth-order valence-corrected chi connectivity index (χ4v) is 4.55. The lowest BCUT2D eigenvalue weighted by molar-refractivity contribution is -0.137. The lowest BCUT2D eigenvalue weighted by Gasteiger charge is -2.36. The van der Waals surface area contributed by atoms with Crippen molar-refractivity contribution in [3.8, 4) is 0 Å². The molecule has 1 saturated heterocycles. The van der Waals surface area contributed by atoms with E-state index in [4.69, 9.17) is 4.98 Å². The summed E-state index contributed by atoms with van der Waals surface area (Å²) in [5.74, 6) is 1.38. The molecule has 1 aromatic rings. The van der Waals surface area contributed by atoms with E-state index in [1.807, 2.05) is 0 Å². The van der Waals surface area contributed by atoms with E-state index >= 15 is 0 Å². The van der Waals surface area contributed by atoms with Gasteiger partial charge in [-0.15, -0.1) is 11.3 Å². The molecule has 2 fully saturated rings. The van der Waals surface area contributed by atoms with Crippen LogP contribution in [0.4, 0.5) is 0 Å². The smallest absolute Gasteiger partial charge is 0.225 e. The molecule has 3 rings (SSSR count). The zero-order valence-corrected chi connectivity index (χ0v) is 16.0. The minimum absolute atomic E-state index is 0.242. The van der Waals surface area contributed by atoms with E-state index in [1.54, 1.807) is 11.3 Å². The van der Waals surface area contributed by atoms with Gasteiger partial charge in [0, 0.05) is 43.4 Å². The van der Waals surface area contributed by atoms with Crippen LogP contribution < -0.4 is 0 Å². The first-order valence-corrected chi connectivity index (χ1v) is 10.5. The molecule has 1 saturated carbocycles. The number of aromatic nitrogens is 1. The number of carbonyl (C=O) groups is 1. The maximum atomic E-state index is 12.7. The summed E-state index contributed by atoms with van der Waals surface area (Å²) in [5, 5.41) is 3.49. The molecule has 1 aliphatic heterocycles. The highest BCUT2D eigenvalue weighted by Crippen LogP contribution is 2.40. The molecule has 2 heterocycles. The number of hydrogen-bond donors (Lipinski definition) is 0. The third-order valence-corrected chi connectivity index (χ3v) is 6.08. The Bertz CT molecular complexity index is 526. The summed E-state index contributed by atoms with van der Waals surface area (Å²) < 4.78 is 0. The minimum atomic E-state index is 0.242. The van der Waals surface area contributed by atoms with Crippen LogP contribution in [0.25, 0.3) is 0 Å². The molecule has 1 aromatic heterocycles. The van der Waals surface area contributed by atoms with Gasteiger partial charge in [-0.1, -0.05) is 26.7 Å². The summed E-state index contributed by atoms with van der Waals surface area (Å²) in [4.78, 5) is 22.1. The van der Waals surface area contributed by atoms with Crippen LogP contribution >= 0.6 is 11.3 Å². The number of thiazole rings is 1. The lowest BCUT2D eigenvalue weighted by Crippen LogP contribution is -2.50. The van der Waals surface area contributed by atoms with Crippen molar-refractivity contribution in [2.24, 2.45) is 5.92 Å². The third kappa shape index (κ3) is 4.57. The van der Waals surface area contributed by atoms with Gasteiger partial charge in [0.1, 0.15) is 5.01 Å². The number of rotatable bonds is 8. The van der Waals surface area contributed by atoms with Crippen LogP contribution in [0.2, 0.25) is 0 Å². The maximum absolute atomic E-state index is 12.7. The summed E-state index contributed by atoms with van der Waals surface area (Å²) in [5.41, 5.74) is 1.31. The molecule has 0 aromatic carbocycles. The van der Waals surface area contributed by atoms with Gasteiger partial charge in [-0.05, 0) is 25.7 Å². The summed E-state index contributed by atoms with van der Waals surface area (Å²) in [7, 11) is 0. The van der Waals surface area contributed by atoms with Crippen molar-refractivity contribution in [1.82, 2.24) is 14.8 Å². The van der Waals surface area contributed by atoms with Gasteiger partial charge >= 0.3 is 0 Å². The molecule has 1 aliphatic carbocycles. The molecule has 4 nitrogen and oxygen atoms in total. The second-order valence-corrected chi connectivity index (χ2v) is 8.26. The van der Waals surface area contributed by atoms with E-state index in [2.05, 4.69) is 29.0 Å². The van der Waals surface area contributed by atoms with E-state index in [0.29, 0.717) is 5.91 Å². The van der Waals surface area contributed by atoms with Gasteiger partial charge in [0.25, 0.3) is 0 Å². The van der Waals surface area contributed by atoms with Crippen molar-refractivity contribution in [1.29, 1.82) is 0 Å². The number of nitrogens with zero attached hydrogens (tertiary/aromatic N) is 3. The zero-order valence-electron chi connectivity index (χ0n) is 15.2. The van der Waals surface area contributed by atoms with E-state index in [0.717, 1.165) is 64.3 Å². The first kappa shape index (κ1) is 17.9. The van der Waals surface area contributed by atoms with Crippen LogP contribution in [0, 0.1) is 5.92 Å². The molecular weight excluding hydrogens is 318 g/mol. The molecular formula is C19H31N3OS. The predicted molar refractivity (Wildman–Crippen MR) is 99.3 cm³/mol. The molecule has 0 radical (unpaired) electrons. The Balaban J connectivity index is 1.46. The van der Waals surface area contributed by atoms with Gasteiger partial charge < -0.3 is 4.90 Å². The Morgan fingerprint density at radius 2 is 1.88 bits per heavy atom. The average molecular weight is 350 g/mol. The maximum Gasteiger partial charge on any atom is 0.225 e. The Hall–Kier alpha value is -0.940. The van der Waals surface area contributed by atoms with Crippen molar-refractivity contribution in [3.63, 3.8) is 0 Å². The number of piperazine rings is 1. The Labute approximate surface area is 150 Å². The monoisotopic (exact) mass is 349 g/mol. The topological polar surface area (TPSA) is 36.4 Å². The summed E-state index contributed by atoms with van der Waals surface area (Å²) in [6.07, 6.45) is 6.92. The van der Waals surface area contributed by atoms with Crippen LogP contribution in [0.15, 0.2) is 5.38 Å². The van der Waals surface area contributed by atoms with Crippen molar-refractivity contribution in [2.45, 2.75) is 64.8 Å². The first-order valence-electron chi connectivity index (χ1n) is 9.66. The highest BCUT2D eigenvalue weighted by atomic mass is 32.1. The van der Waals surface area contributed by atoms with Crippen LogP contribution in [-0.4, -0.2) is 46.9 Å². The van der Waals surface area contributed by atoms with Gasteiger partial charge in [-0.25, -0.2) is 4.98 Å². The van der Waals surface area contributed by atoms with Crippen LogP contribution in [0.5, 0.6) is 0 Å². The SMILES string of the molecule is CCCC(CCC)C(=O)N1CCN(Cc2nc(C3CC3)cs2)CC1. The quantitative estimate of drug-likeness (QED) is 0.714. The lowest BCUT2D eigenvalue weighted by atomic mass is 9.96. The normalized spacial score (nSPS) is 19.2. The highest BCUT2D eigenvalue weighted by Gasteiger charge is 2.28. The third-order valence-electron chi connectivity index (χ3n) is 5.23. The predicted octanol–water partition coefficient (Wildman–Crippen LogP) is 3.88. The van der Waals surface area contributed by atoms with Crippen molar-refractivity contribution < 1.29 is 4.79 Å². The Kier molecular flexibility index (Phi) is 6.28. The standard InChI is InChI=1S/C19H31N3OS/c1-3-5-16(6-4-2)19(23)22-11-9-21(10-12-22)13-18-20-17(14-24-18)15-7-8-15/h14-16H,3-13H2,1-2H3. The molecule has 2 aliphatic rings. The molecule has 5 heteroatoms. The van der Waals surface area contributed by atoms with Gasteiger partial charge in [0.2, 0.25) is 5.91 Å². The molecule has 0 unspecified atom stereocenters. The molecule has 0 N–H and O–H groups in total. The number of amides is 1. The molecule has 134 valence electrons. The van der Waals surface area contributed by atoms with Gasteiger partial charge in [0.15, 0.2) is 0 Å². The van der Waals surface area contributed by atoms with E-state index in [9.17, 15) is 4.79 Å². The van der Waals surface area contributed by atoms with Crippen molar-refractivity contribution in [3.05, 3.63) is 16.1 Å². The van der Waals surface area contributed by atoms with Crippen LogP contribution in [-0.2, 0) is 11.3 Å². The Morgan fingerprint density at radius 3 is 2.46 bits per heavy atom. The van der Waals surface area contributed by atoms with E-state index in [-0.39, 0.29) is 5.92 Å². The zero-order chi connectivity index (χ0) is 16.9.